The number of anilines is 1. The first-order valence-electron chi connectivity index (χ1n) is 9.33. The van der Waals surface area contributed by atoms with Gasteiger partial charge in [0.05, 0.1) is 24.9 Å². The lowest BCUT2D eigenvalue weighted by molar-refractivity contribution is 0.0687. The Labute approximate surface area is 159 Å². The Morgan fingerprint density at radius 2 is 2.22 bits per heavy atom. The van der Waals surface area contributed by atoms with Crippen molar-refractivity contribution in [2.45, 2.75) is 25.4 Å². The molecule has 1 saturated heterocycles. The van der Waals surface area contributed by atoms with Crippen LogP contribution in [0.2, 0.25) is 0 Å². The Morgan fingerprint density at radius 3 is 2.93 bits per heavy atom. The molecule has 27 heavy (non-hydrogen) atoms. The van der Waals surface area contributed by atoms with E-state index in [1.807, 2.05) is 24.9 Å². The number of aliphatic hydroxyl groups excluding tert-OH is 1. The summed E-state index contributed by atoms with van der Waals surface area (Å²) in [6.45, 7) is 2.72. The quantitative estimate of drug-likeness (QED) is 0.906. The number of rotatable bonds is 3. The molecule has 1 amide bonds. The van der Waals surface area contributed by atoms with Gasteiger partial charge in [0.15, 0.2) is 0 Å². The fraction of sp³-hybridized carbons (Fsp3) is 0.381. The van der Waals surface area contributed by atoms with Crippen molar-refractivity contribution >= 4 is 17.7 Å². The highest BCUT2D eigenvalue weighted by Gasteiger charge is 2.47. The van der Waals surface area contributed by atoms with Crippen LogP contribution in [-0.4, -0.2) is 52.1 Å². The van der Waals surface area contributed by atoms with Gasteiger partial charge < -0.3 is 14.9 Å². The second kappa shape index (κ2) is 7.12. The number of likely N-dealkylation sites (tertiary alicyclic amines) is 1. The van der Waals surface area contributed by atoms with Crippen LogP contribution in [0.25, 0.3) is 6.08 Å². The molecule has 0 saturated carbocycles. The van der Waals surface area contributed by atoms with Gasteiger partial charge in [-0.15, -0.1) is 0 Å². The van der Waals surface area contributed by atoms with Gasteiger partial charge in [0.2, 0.25) is 0 Å². The highest BCUT2D eigenvalue weighted by Crippen LogP contribution is 2.49. The number of aliphatic hydroxyl groups is 1. The Balaban J connectivity index is 1.80. The summed E-state index contributed by atoms with van der Waals surface area (Å²) in [5.41, 5.74) is 3.69. The second-order valence-corrected chi connectivity index (χ2v) is 7.17. The molecule has 1 N–H and O–H groups in total. The van der Waals surface area contributed by atoms with Crippen LogP contribution in [0.1, 0.15) is 41.0 Å². The molecule has 3 atom stereocenters. The van der Waals surface area contributed by atoms with Crippen LogP contribution in [0.3, 0.4) is 0 Å². The zero-order valence-electron chi connectivity index (χ0n) is 15.6. The average Bonchev–Trinajstić information content (AvgIpc) is 3.14. The van der Waals surface area contributed by atoms with E-state index in [-0.39, 0.29) is 30.5 Å². The van der Waals surface area contributed by atoms with Gasteiger partial charge in [0.25, 0.3) is 5.91 Å². The summed E-state index contributed by atoms with van der Waals surface area (Å²) in [4.78, 5) is 25.4. The number of hydrogen-bond acceptors (Lipinski definition) is 5. The van der Waals surface area contributed by atoms with Crippen molar-refractivity contribution in [3.63, 3.8) is 0 Å². The molecule has 2 aliphatic heterocycles. The van der Waals surface area contributed by atoms with Gasteiger partial charge in [0, 0.05) is 37.6 Å². The molecule has 2 aliphatic rings. The fourth-order valence-electron chi connectivity index (χ4n) is 4.55. The van der Waals surface area contributed by atoms with Crippen LogP contribution in [0, 0.1) is 5.92 Å². The summed E-state index contributed by atoms with van der Waals surface area (Å²) >= 11 is 0. The van der Waals surface area contributed by atoms with E-state index >= 15 is 0 Å². The van der Waals surface area contributed by atoms with Crippen LogP contribution in [0.15, 0.2) is 42.9 Å². The molecule has 0 radical (unpaired) electrons. The average molecular weight is 364 g/mol. The number of likely N-dealkylation sites (N-methyl/N-ethyl adjacent to an activating group) is 1. The lowest BCUT2D eigenvalue weighted by Crippen LogP contribution is -2.48. The molecular formula is C21H24N4O2. The van der Waals surface area contributed by atoms with Crippen LogP contribution in [0.5, 0.6) is 0 Å². The number of benzene rings is 1. The summed E-state index contributed by atoms with van der Waals surface area (Å²) in [6.07, 6.45) is 9.57. The predicted molar refractivity (Wildman–Crippen MR) is 104 cm³/mol. The topological polar surface area (TPSA) is 69.6 Å². The number of allylic oxidation sites excluding steroid dienone is 1. The van der Waals surface area contributed by atoms with Crippen molar-refractivity contribution in [3.8, 4) is 0 Å². The van der Waals surface area contributed by atoms with Gasteiger partial charge in [-0.2, -0.15) is 0 Å². The van der Waals surface area contributed by atoms with Gasteiger partial charge >= 0.3 is 0 Å². The Hall–Kier alpha value is -2.73. The molecule has 1 aromatic carbocycles. The van der Waals surface area contributed by atoms with Gasteiger partial charge in [-0.3, -0.25) is 9.78 Å². The van der Waals surface area contributed by atoms with E-state index in [0.29, 0.717) is 12.2 Å². The largest absolute Gasteiger partial charge is 0.394 e. The standard InChI is InChI=1S/C21H24N4O2/c1-3-4-14-5-6-18-16(11-14)20-15(19(13-26)24(18)2)7-10-25(20)21(27)17-12-22-8-9-23-17/h3-6,8-9,11-12,15,19-20,26H,7,10,13H2,1-2H3/b4-3+/t15-,19-,20-/m0/s1. The molecule has 0 spiro atoms. The number of nitrogens with zero attached hydrogens (tertiary/aromatic N) is 4. The third kappa shape index (κ3) is 2.90. The van der Waals surface area contributed by atoms with E-state index in [1.54, 1.807) is 12.4 Å². The highest BCUT2D eigenvalue weighted by molar-refractivity contribution is 5.92. The number of carbonyl (C=O) groups is 1. The number of amides is 1. The van der Waals surface area contributed by atoms with Gasteiger partial charge in [-0.1, -0.05) is 18.2 Å². The normalized spacial score (nSPS) is 24.2. The van der Waals surface area contributed by atoms with Crippen LogP contribution in [-0.2, 0) is 0 Å². The van der Waals surface area contributed by atoms with Crippen molar-refractivity contribution in [1.82, 2.24) is 14.9 Å². The number of carbonyl (C=O) groups excluding carboxylic acids is 1. The summed E-state index contributed by atoms with van der Waals surface area (Å²) < 4.78 is 0. The Morgan fingerprint density at radius 1 is 1.37 bits per heavy atom. The minimum absolute atomic E-state index is 0.00488. The summed E-state index contributed by atoms with van der Waals surface area (Å²) in [5.74, 6) is 0.0909. The SMILES string of the molecule is C/C=C/c1ccc2c(c1)[C@@H]1[C@@H](CCN1C(=O)c1cnccn1)[C@H](CO)N2C. The molecule has 0 aliphatic carbocycles. The van der Waals surface area contributed by atoms with E-state index in [4.69, 9.17) is 0 Å². The smallest absolute Gasteiger partial charge is 0.274 e. The monoisotopic (exact) mass is 364 g/mol. The third-order valence-electron chi connectivity index (χ3n) is 5.78. The van der Waals surface area contributed by atoms with Crippen molar-refractivity contribution in [1.29, 1.82) is 0 Å². The number of aromatic nitrogens is 2. The number of fused-ring (bicyclic) bond motifs is 3. The fourth-order valence-corrected chi connectivity index (χ4v) is 4.55. The Kier molecular flexibility index (Phi) is 4.66. The molecule has 140 valence electrons. The molecule has 2 aromatic rings. The molecule has 6 heteroatoms. The molecule has 3 heterocycles. The van der Waals surface area contributed by atoms with Crippen molar-refractivity contribution in [2.75, 3.05) is 25.1 Å². The molecule has 0 bridgehead atoms. The first-order chi connectivity index (χ1) is 13.2. The zero-order valence-corrected chi connectivity index (χ0v) is 15.6. The highest BCUT2D eigenvalue weighted by atomic mass is 16.3. The lowest BCUT2D eigenvalue weighted by atomic mass is 9.81. The van der Waals surface area contributed by atoms with Crippen molar-refractivity contribution in [3.05, 3.63) is 59.7 Å². The van der Waals surface area contributed by atoms with E-state index in [9.17, 15) is 9.90 Å². The second-order valence-electron chi connectivity index (χ2n) is 7.17. The van der Waals surface area contributed by atoms with Gasteiger partial charge in [-0.05, 0) is 36.6 Å². The molecule has 6 nitrogen and oxygen atoms in total. The lowest BCUT2D eigenvalue weighted by Gasteiger charge is -2.44. The first-order valence-corrected chi connectivity index (χ1v) is 9.33. The molecule has 0 unspecified atom stereocenters. The maximum atomic E-state index is 13.1. The molecule has 4 rings (SSSR count). The van der Waals surface area contributed by atoms with Gasteiger partial charge in [0.1, 0.15) is 5.69 Å². The maximum Gasteiger partial charge on any atom is 0.274 e. The summed E-state index contributed by atoms with van der Waals surface area (Å²) in [6, 6.07) is 6.27. The minimum atomic E-state index is -0.0979. The van der Waals surface area contributed by atoms with E-state index < -0.39 is 0 Å². The van der Waals surface area contributed by atoms with E-state index in [2.05, 4.69) is 39.1 Å². The maximum absolute atomic E-state index is 13.1. The predicted octanol–water partition coefficient (Wildman–Crippen LogP) is 2.52. The summed E-state index contributed by atoms with van der Waals surface area (Å²) in [5, 5.41) is 10.0. The molecule has 1 aromatic heterocycles. The van der Waals surface area contributed by atoms with E-state index in [0.717, 1.165) is 23.2 Å². The molecule has 1 fully saturated rings. The van der Waals surface area contributed by atoms with Crippen molar-refractivity contribution < 1.29 is 9.90 Å². The Bertz CT molecular complexity index is 868. The zero-order chi connectivity index (χ0) is 19.0. The first kappa shape index (κ1) is 17.7. The minimum Gasteiger partial charge on any atom is -0.394 e. The molecular weight excluding hydrogens is 340 g/mol. The van der Waals surface area contributed by atoms with E-state index in [1.165, 1.54) is 6.20 Å². The number of hydrogen-bond donors (Lipinski definition) is 1. The van der Waals surface area contributed by atoms with Gasteiger partial charge in [-0.25, -0.2) is 4.98 Å². The third-order valence-corrected chi connectivity index (χ3v) is 5.78. The van der Waals surface area contributed by atoms with Crippen LogP contribution < -0.4 is 4.90 Å². The van der Waals surface area contributed by atoms with Crippen LogP contribution in [0.4, 0.5) is 5.69 Å². The van der Waals surface area contributed by atoms with Crippen molar-refractivity contribution in [2.24, 2.45) is 5.92 Å². The summed E-state index contributed by atoms with van der Waals surface area (Å²) in [7, 11) is 2.03. The van der Waals surface area contributed by atoms with Crippen LogP contribution >= 0.6 is 0 Å².